The van der Waals surface area contributed by atoms with Crippen LogP contribution in [0.25, 0.3) is 11.3 Å². The van der Waals surface area contributed by atoms with Crippen LogP contribution < -0.4 is 0 Å². The van der Waals surface area contributed by atoms with Crippen LogP contribution >= 0.6 is 0 Å². The third kappa shape index (κ3) is 2.89. The fraction of sp³-hybridized carbons (Fsp3) is 0.0588. The maximum absolute atomic E-state index is 5.43. The molecular weight excluding hydrogens is 220 g/mol. The van der Waals surface area contributed by atoms with Gasteiger partial charge in [-0.25, -0.2) is 0 Å². The minimum absolute atomic E-state index is 0.824. The average Bonchev–Trinajstić information content (AvgIpc) is 2.46. The van der Waals surface area contributed by atoms with Gasteiger partial charge in [0, 0.05) is 5.56 Å². The molecule has 2 rings (SSSR count). The quantitative estimate of drug-likeness (QED) is 0.565. The summed E-state index contributed by atoms with van der Waals surface area (Å²) in [5.41, 5.74) is 3.09. The standard InChI is InChI=1S/C17H16O/c1-14(15-9-5-3-6-10-15)13-17(18-2)16-11-7-4-8-12-16/h3-13H,1H2,2H3/b17-13+. The summed E-state index contributed by atoms with van der Waals surface area (Å²) in [6.07, 6.45) is 1.96. The lowest BCUT2D eigenvalue weighted by molar-refractivity contribution is 0.370. The summed E-state index contributed by atoms with van der Waals surface area (Å²) in [4.78, 5) is 0. The SMILES string of the molecule is C=C(/C=C(/OC)c1ccccc1)c1ccccc1. The normalized spacial score (nSPS) is 11.1. The Hall–Kier alpha value is -2.28. The van der Waals surface area contributed by atoms with E-state index in [1.807, 2.05) is 66.7 Å². The predicted molar refractivity (Wildman–Crippen MR) is 76.9 cm³/mol. The molecular formula is C17H16O. The van der Waals surface area contributed by atoms with Gasteiger partial charge >= 0.3 is 0 Å². The minimum Gasteiger partial charge on any atom is -0.496 e. The van der Waals surface area contributed by atoms with Crippen LogP contribution in [0.15, 0.2) is 73.3 Å². The molecule has 18 heavy (non-hydrogen) atoms. The zero-order valence-corrected chi connectivity index (χ0v) is 10.5. The van der Waals surface area contributed by atoms with Gasteiger partial charge in [0.2, 0.25) is 0 Å². The molecule has 0 bridgehead atoms. The van der Waals surface area contributed by atoms with Gasteiger partial charge in [0.15, 0.2) is 0 Å². The Morgan fingerprint density at radius 3 is 1.89 bits per heavy atom. The number of hydrogen-bond acceptors (Lipinski definition) is 1. The molecule has 0 saturated carbocycles. The van der Waals surface area contributed by atoms with Crippen molar-refractivity contribution in [3.63, 3.8) is 0 Å². The van der Waals surface area contributed by atoms with E-state index in [0.717, 1.165) is 22.5 Å². The van der Waals surface area contributed by atoms with Gasteiger partial charge in [0.05, 0.1) is 7.11 Å². The Morgan fingerprint density at radius 2 is 1.39 bits per heavy atom. The van der Waals surface area contributed by atoms with E-state index in [-0.39, 0.29) is 0 Å². The van der Waals surface area contributed by atoms with E-state index in [2.05, 4.69) is 6.58 Å². The van der Waals surface area contributed by atoms with Crippen LogP contribution in [0.3, 0.4) is 0 Å². The highest BCUT2D eigenvalue weighted by Crippen LogP contribution is 2.21. The Morgan fingerprint density at radius 1 is 0.889 bits per heavy atom. The number of rotatable bonds is 4. The second-order valence-corrected chi connectivity index (χ2v) is 3.97. The molecule has 2 aromatic rings. The minimum atomic E-state index is 0.824. The lowest BCUT2D eigenvalue weighted by atomic mass is 10.1. The first-order valence-electron chi connectivity index (χ1n) is 5.86. The van der Waals surface area contributed by atoms with E-state index < -0.39 is 0 Å². The molecule has 0 radical (unpaired) electrons. The van der Waals surface area contributed by atoms with Crippen LogP contribution in [0.2, 0.25) is 0 Å². The summed E-state index contributed by atoms with van der Waals surface area (Å²) in [7, 11) is 1.68. The number of hydrogen-bond donors (Lipinski definition) is 0. The maximum atomic E-state index is 5.43. The van der Waals surface area contributed by atoms with Gasteiger partial charge in [-0.2, -0.15) is 0 Å². The fourth-order valence-corrected chi connectivity index (χ4v) is 1.76. The smallest absolute Gasteiger partial charge is 0.126 e. The van der Waals surface area contributed by atoms with Gasteiger partial charge in [-0.1, -0.05) is 67.2 Å². The lowest BCUT2D eigenvalue weighted by Gasteiger charge is -2.08. The summed E-state index contributed by atoms with van der Waals surface area (Å²) in [5, 5.41) is 0. The Balaban J connectivity index is 2.29. The van der Waals surface area contributed by atoms with Crippen LogP contribution in [0.4, 0.5) is 0 Å². The zero-order chi connectivity index (χ0) is 12.8. The van der Waals surface area contributed by atoms with Crippen LogP contribution in [-0.4, -0.2) is 7.11 Å². The van der Waals surface area contributed by atoms with Crippen molar-refractivity contribution in [3.05, 3.63) is 84.4 Å². The summed E-state index contributed by atoms with van der Waals surface area (Å²) >= 11 is 0. The van der Waals surface area contributed by atoms with Crippen molar-refractivity contribution >= 4 is 11.3 Å². The van der Waals surface area contributed by atoms with Crippen molar-refractivity contribution in [2.45, 2.75) is 0 Å². The first-order valence-corrected chi connectivity index (χ1v) is 5.86. The number of ether oxygens (including phenoxy) is 1. The fourth-order valence-electron chi connectivity index (χ4n) is 1.76. The van der Waals surface area contributed by atoms with E-state index in [9.17, 15) is 0 Å². The monoisotopic (exact) mass is 236 g/mol. The van der Waals surface area contributed by atoms with Crippen LogP contribution in [0, 0.1) is 0 Å². The third-order valence-electron chi connectivity index (χ3n) is 2.73. The number of methoxy groups -OCH3 is 1. The van der Waals surface area contributed by atoms with Gasteiger partial charge in [-0.15, -0.1) is 0 Å². The summed E-state index contributed by atoms with van der Waals surface area (Å²) in [6, 6.07) is 20.1. The van der Waals surface area contributed by atoms with E-state index in [1.165, 1.54) is 0 Å². The molecule has 0 amide bonds. The second-order valence-electron chi connectivity index (χ2n) is 3.97. The van der Waals surface area contributed by atoms with Crippen LogP contribution in [-0.2, 0) is 4.74 Å². The number of allylic oxidation sites excluding steroid dienone is 2. The van der Waals surface area contributed by atoms with Gasteiger partial charge < -0.3 is 4.74 Å². The summed E-state index contributed by atoms with van der Waals surface area (Å²) in [6.45, 7) is 4.08. The highest BCUT2D eigenvalue weighted by molar-refractivity contribution is 5.80. The van der Waals surface area contributed by atoms with Crippen molar-refractivity contribution in [2.24, 2.45) is 0 Å². The predicted octanol–water partition coefficient (Wildman–Crippen LogP) is 4.39. The molecule has 0 heterocycles. The molecule has 0 aliphatic rings. The van der Waals surface area contributed by atoms with Crippen molar-refractivity contribution in [1.29, 1.82) is 0 Å². The maximum Gasteiger partial charge on any atom is 0.126 e. The molecule has 0 aliphatic heterocycles. The van der Waals surface area contributed by atoms with Crippen molar-refractivity contribution < 1.29 is 4.74 Å². The Labute approximate surface area is 108 Å². The topological polar surface area (TPSA) is 9.23 Å². The lowest BCUT2D eigenvalue weighted by Crippen LogP contribution is -1.88. The van der Waals surface area contributed by atoms with Gasteiger partial charge in [0.25, 0.3) is 0 Å². The average molecular weight is 236 g/mol. The van der Waals surface area contributed by atoms with E-state index >= 15 is 0 Å². The van der Waals surface area contributed by atoms with Gasteiger partial charge in [-0.3, -0.25) is 0 Å². The molecule has 2 aromatic carbocycles. The molecule has 90 valence electrons. The molecule has 0 atom stereocenters. The largest absolute Gasteiger partial charge is 0.496 e. The first kappa shape index (κ1) is 12.2. The molecule has 0 spiro atoms. The molecule has 0 aliphatic carbocycles. The Kier molecular flexibility index (Phi) is 3.98. The Bertz CT molecular complexity index is 538. The molecule has 0 saturated heterocycles. The molecule has 1 nitrogen and oxygen atoms in total. The summed E-state index contributed by atoms with van der Waals surface area (Å²) < 4.78 is 5.43. The number of benzene rings is 2. The van der Waals surface area contributed by atoms with Crippen molar-refractivity contribution in [3.8, 4) is 0 Å². The van der Waals surface area contributed by atoms with Crippen molar-refractivity contribution in [1.82, 2.24) is 0 Å². The zero-order valence-electron chi connectivity index (χ0n) is 10.5. The van der Waals surface area contributed by atoms with Crippen molar-refractivity contribution in [2.75, 3.05) is 7.11 Å². The van der Waals surface area contributed by atoms with Crippen LogP contribution in [0.1, 0.15) is 11.1 Å². The second kappa shape index (κ2) is 5.87. The molecule has 0 unspecified atom stereocenters. The molecule has 0 aromatic heterocycles. The van der Waals surface area contributed by atoms with E-state index in [1.54, 1.807) is 7.11 Å². The van der Waals surface area contributed by atoms with Crippen LogP contribution in [0.5, 0.6) is 0 Å². The van der Waals surface area contributed by atoms with Gasteiger partial charge in [-0.05, 0) is 17.2 Å². The first-order chi connectivity index (χ1) is 8.81. The highest BCUT2D eigenvalue weighted by atomic mass is 16.5. The highest BCUT2D eigenvalue weighted by Gasteiger charge is 2.02. The molecule has 0 fully saturated rings. The van der Waals surface area contributed by atoms with E-state index in [0.29, 0.717) is 0 Å². The third-order valence-corrected chi connectivity index (χ3v) is 2.73. The summed E-state index contributed by atoms with van der Waals surface area (Å²) in [5.74, 6) is 0.824. The molecule has 0 N–H and O–H groups in total. The molecule has 1 heteroatoms. The van der Waals surface area contributed by atoms with E-state index in [4.69, 9.17) is 4.74 Å². The van der Waals surface area contributed by atoms with Gasteiger partial charge in [0.1, 0.15) is 5.76 Å².